The van der Waals surface area contributed by atoms with Crippen molar-refractivity contribution < 1.29 is 4.74 Å². The molecule has 128 valence electrons. The standard InChI is InChI=1S/C20H16N4O2/c1-26-15-9-5-8-14(12-15)20-18(16-10-11-17(25)22-21-16)19(23-24-20)13-6-3-2-4-7-13/h2-12H,1H3,(H,22,25)(H,23,24). The molecule has 6 nitrogen and oxygen atoms in total. The molecule has 0 atom stereocenters. The number of nitrogens with one attached hydrogen (secondary N) is 2. The van der Waals surface area contributed by atoms with Crippen molar-refractivity contribution in [3.63, 3.8) is 0 Å². The smallest absolute Gasteiger partial charge is 0.264 e. The van der Waals surface area contributed by atoms with Crippen molar-refractivity contribution in [2.24, 2.45) is 0 Å². The normalized spacial score (nSPS) is 10.7. The molecule has 0 radical (unpaired) electrons. The molecule has 0 amide bonds. The number of aromatic nitrogens is 4. The van der Waals surface area contributed by atoms with Gasteiger partial charge in [-0.25, -0.2) is 5.10 Å². The number of hydrogen-bond acceptors (Lipinski definition) is 4. The third-order valence-electron chi connectivity index (χ3n) is 4.11. The minimum Gasteiger partial charge on any atom is -0.497 e. The Morgan fingerprint density at radius 3 is 2.38 bits per heavy atom. The summed E-state index contributed by atoms with van der Waals surface area (Å²) in [4.78, 5) is 11.4. The van der Waals surface area contributed by atoms with E-state index in [1.807, 2.05) is 54.6 Å². The molecule has 4 rings (SSSR count). The van der Waals surface area contributed by atoms with E-state index in [-0.39, 0.29) is 5.56 Å². The molecule has 2 aromatic heterocycles. The third-order valence-corrected chi connectivity index (χ3v) is 4.11. The van der Waals surface area contributed by atoms with E-state index in [2.05, 4.69) is 20.4 Å². The second-order valence-corrected chi connectivity index (χ2v) is 5.73. The lowest BCUT2D eigenvalue weighted by Gasteiger charge is -2.07. The highest BCUT2D eigenvalue weighted by Gasteiger charge is 2.19. The average molecular weight is 344 g/mol. The zero-order valence-electron chi connectivity index (χ0n) is 14.1. The van der Waals surface area contributed by atoms with Crippen LogP contribution in [0.15, 0.2) is 71.5 Å². The number of ether oxygens (including phenoxy) is 1. The molecule has 2 N–H and O–H groups in total. The topological polar surface area (TPSA) is 83.7 Å². The molecule has 0 spiro atoms. The van der Waals surface area contributed by atoms with Crippen LogP contribution in [0.3, 0.4) is 0 Å². The summed E-state index contributed by atoms with van der Waals surface area (Å²) < 4.78 is 5.33. The lowest BCUT2D eigenvalue weighted by Crippen LogP contribution is -2.06. The summed E-state index contributed by atoms with van der Waals surface area (Å²) in [6, 6.07) is 20.7. The second-order valence-electron chi connectivity index (χ2n) is 5.73. The molecule has 0 fully saturated rings. The fourth-order valence-corrected chi connectivity index (χ4v) is 2.87. The highest BCUT2D eigenvalue weighted by molar-refractivity contribution is 5.90. The minimum absolute atomic E-state index is 0.249. The maximum atomic E-state index is 11.4. The molecule has 4 aromatic rings. The van der Waals surface area contributed by atoms with Crippen molar-refractivity contribution in [3.05, 3.63) is 77.1 Å². The number of hydrogen-bond donors (Lipinski definition) is 2. The van der Waals surface area contributed by atoms with Crippen molar-refractivity contribution >= 4 is 0 Å². The number of H-pyrrole nitrogens is 2. The predicted molar refractivity (Wildman–Crippen MR) is 99.9 cm³/mol. The van der Waals surface area contributed by atoms with Crippen molar-refractivity contribution in [2.45, 2.75) is 0 Å². The summed E-state index contributed by atoms with van der Waals surface area (Å²) >= 11 is 0. The molecule has 2 heterocycles. The maximum absolute atomic E-state index is 11.4. The van der Waals surface area contributed by atoms with Crippen LogP contribution in [0.5, 0.6) is 5.75 Å². The van der Waals surface area contributed by atoms with Crippen LogP contribution < -0.4 is 10.3 Å². The summed E-state index contributed by atoms with van der Waals surface area (Å²) in [5.74, 6) is 0.743. The first kappa shape index (κ1) is 15.8. The van der Waals surface area contributed by atoms with E-state index < -0.39 is 0 Å². The zero-order chi connectivity index (χ0) is 17.9. The summed E-state index contributed by atoms with van der Waals surface area (Å²) in [6.07, 6.45) is 0. The van der Waals surface area contributed by atoms with Crippen LogP contribution in [0.2, 0.25) is 0 Å². The lowest BCUT2D eigenvalue weighted by atomic mass is 9.99. The van der Waals surface area contributed by atoms with Gasteiger partial charge in [0.2, 0.25) is 0 Å². The third kappa shape index (κ3) is 2.88. The van der Waals surface area contributed by atoms with Crippen LogP contribution in [-0.4, -0.2) is 27.5 Å². The second kappa shape index (κ2) is 6.68. The van der Waals surface area contributed by atoms with Gasteiger partial charge in [-0.1, -0.05) is 42.5 Å². The van der Waals surface area contributed by atoms with Gasteiger partial charge in [0.15, 0.2) is 0 Å². The van der Waals surface area contributed by atoms with Crippen LogP contribution in [0, 0.1) is 0 Å². The number of benzene rings is 2. The largest absolute Gasteiger partial charge is 0.497 e. The Kier molecular flexibility index (Phi) is 4.07. The Morgan fingerprint density at radius 2 is 1.65 bits per heavy atom. The van der Waals surface area contributed by atoms with Gasteiger partial charge >= 0.3 is 0 Å². The minimum atomic E-state index is -0.249. The first-order valence-corrected chi connectivity index (χ1v) is 8.10. The van der Waals surface area contributed by atoms with Gasteiger partial charge in [0.25, 0.3) is 5.56 Å². The Morgan fingerprint density at radius 1 is 0.846 bits per heavy atom. The van der Waals surface area contributed by atoms with Crippen molar-refractivity contribution in [3.8, 4) is 39.5 Å². The molecule has 0 unspecified atom stereocenters. The molecular weight excluding hydrogens is 328 g/mol. The Hall–Kier alpha value is -3.67. The van der Waals surface area contributed by atoms with Crippen molar-refractivity contribution in [1.29, 1.82) is 0 Å². The van der Waals surface area contributed by atoms with Gasteiger partial charge in [-0.15, -0.1) is 0 Å². The van der Waals surface area contributed by atoms with Crippen LogP contribution in [0.25, 0.3) is 33.8 Å². The van der Waals surface area contributed by atoms with E-state index in [1.165, 1.54) is 6.07 Å². The lowest BCUT2D eigenvalue weighted by molar-refractivity contribution is 0.415. The van der Waals surface area contributed by atoms with Gasteiger partial charge < -0.3 is 4.74 Å². The number of nitrogens with zero attached hydrogens (tertiary/aromatic N) is 2. The molecule has 0 aliphatic carbocycles. The fraction of sp³-hybridized carbons (Fsp3) is 0.0500. The molecule has 2 aromatic carbocycles. The van der Waals surface area contributed by atoms with Crippen molar-refractivity contribution in [2.75, 3.05) is 7.11 Å². The van der Waals surface area contributed by atoms with Gasteiger partial charge in [-0.3, -0.25) is 9.89 Å². The molecule has 0 saturated carbocycles. The molecule has 0 bridgehead atoms. The first-order chi connectivity index (χ1) is 12.8. The van der Waals surface area contributed by atoms with Gasteiger partial charge in [0, 0.05) is 17.2 Å². The molecule has 0 aliphatic rings. The van der Waals surface area contributed by atoms with Crippen LogP contribution in [0.1, 0.15) is 0 Å². The van der Waals surface area contributed by atoms with Crippen LogP contribution in [-0.2, 0) is 0 Å². The van der Waals surface area contributed by atoms with Gasteiger partial charge in [0.1, 0.15) is 11.4 Å². The van der Waals surface area contributed by atoms with Crippen LogP contribution in [0.4, 0.5) is 0 Å². The SMILES string of the molecule is COc1cccc(-c2n[nH]c(-c3ccccc3)c2-c2ccc(=O)[nH]n2)c1. The molecular formula is C20H16N4O2. The van der Waals surface area contributed by atoms with Gasteiger partial charge in [-0.2, -0.15) is 10.2 Å². The van der Waals surface area contributed by atoms with E-state index in [4.69, 9.17) is 4.74 Å². The molecule has 0 saturated heterocycles. The van der Waals surface area contributed by atoms with E-state index in [0.717, 1.165) is 33.8 Å². The number of aromatic amines is 2. The van der Waals surface area contributed by atoms with Crippen LogP contribution >= 0.6 is 0 Å². The van der Waals surface area contributed by atoms with Crippen molar-refractivity contribution in [1.82, 2.24) is 20.4 Å². The molecule has 0 aliphatic heterocycles. The van der Waals surface area contributed by atoms with Gasteiger partial charge in [0.05, 0.1) is 24.1 Å². The quantitative estimate of drug-likeness (QED) is 0.593. The summed E-state index contributed by atoms with van der Waals surface area (Å²) in [6.45, 7) is 0. The summed E-state index contributed by atoms with van der Waals surface area (Å²) in [5, 5.41) is 14.3. The van der Waals surface area contributed by atoms with Gasteiger partial charge in [-0.05, 0) is 18.2 Å². The Labute approximate surface area is 149 Å². The highest BCUT2D eigenvalue weighted by Crippen LogP contribution is 2.37. The molecule has 26 heavy (non-hydrogen) atoms. The zero-order valence-corrected chi connectivity index (χ0v) is 14.1. The van der Waals surface area contributed by atoms with E-state index in [1.54, 1.807) is 13.2 Å². The van der Waals surface area contributed by atoms with E-state index in [9.17, 15) is 4.79 Å². The van der Waals surface area contributed by atoms with E-state index in [0.29, 0.717) is 5.69 Å². The highest BCUT2D eigenvalue weighted by atomic mass is 16.5. The summed E-state index contributed by atoms with van der Waals surface area (Å²) in [7, 11) is 1.63. The predicted octanol–water partition coefficient (Wildman–Crippen LogP) is 3.50. The summed E-state index contributed by atoms with van der Waals surface area (Å²) in [5.41, 5.74) is 4.66. The number of methoxy groups -OCH3 is 1. The Balaban J connectivity index is 1.96. The number of rotatable bonds is 4. The Bertz CT molecular complexity index is 1080. The fourth-order valence-electron chi connectivity index (χ4n) is 2.87. The first-order valence-electron chi connectivity index (χ1n) is 8.10. The molecule has 6 heteroatoms. The average Bonchev–Trinajstić information content (AvgIpc) is 3.14. The van der Waals surface area contributed by atoms with E-state index >= 15 is 0 Å². The maximum Gasteiger partial charge on any atom is 0.264 e. The monoisotopic (exact) mass is 344 g/mol.